The van der Waals surface area contributed by atoms with Gasteiger partial charge in [-0.1, -0.05) is 6.92 Å². The molecule has 116 valence electrons. The maximum absolute atomic E-state index is 12.4. The van der Waals surface area contributed by atoms with Crippen LogP contribution in [-0.2, 0) is 23.1 Å². The smallest absolute Gasteiger partial charge is 0.244 e. The van der Waals surface area contributed by atoms with Gasteiger partial charge in [0.2, 0.25) is 10.0 Å². The summed E-state index contributed by atoms with van der Waals surface area (Å²) in [5.41, 5.74) is 2.73. The minimum Gasteiger partial charge on any atom is -0.311 e. The van der Waals surface area contributed by atoms with E-state index in [0.29, 0.717) is 17.9 Å². The lowest BCUT2D eigenvalue weighted by Gasteiger charge is -2.07. The number of hydrogen-bond acceptors (Lipinski definition) is 6. The number of aryl methyl sites for hydroxylation is 1. The van der Waals surface area contributed by atoms with Gasteiger partial charge in [0.15, 0.2) is 0 Å². The van der Waals surface area contributed by atoms with E-state index in [4.69, 9.17) is 0 Å². The average molecular weight is 329 g/mol. The molecule has 0 atom stereocenters. The van der Waals surface area contributed by atoms with Crippen LogP contribution in [0.2, 0.25) is 0 Å². The van der Waals surface area contributed by atoms with E-state index in [9.17, 15) is 8.42 Å². The third kappa shape index (κ3) is 4.10. The first-order chi connectivity index (χ1) is 10.0. The first-order valence-corrected chi connectivity index (χ1v) is 9.02. The van der Waals surface area contributed by atoms with Crippen molar-refractivity contribution in [3.8, 4) is 0 Å². The molecule has 0 bridgehead atoms. The van der Waals surface area contributed by atoms with Crippen molar-refractivity contribution in [1.29, 1.82) is 0 Å². The van der Waals surface area contributed by atoms with E-state index in [0.717, 1.165) is 17.8 Å². The lowest BCUT2D eigenvalue weighted by Crippen LogP contribution is -2.25. The largest absolute Gasteiger partial charge is 0.311 e. The molecule has 0 aromatic carbocycles. The van der Waals surface area contributed by atoms with Crippen molar-refractivity contribution >= 4 is 21.4 Å². The fraction of sp³-hybridized carbons (Fsp3) is 0.500. The number of sulfonamides is 1. The van der Waals surface area contributed by atoms with Gasteiger partial charge in [-0.25, -0.2) is 13.1 Å². The Morgan fingerprint density at radius 3 is 2.86 bits per heavy atom. The van der Waals surface area contributed by atoms with Crippen LogP contribution >= 0.6 is 11.3 Å². The van der Waals surface area contributed by atoms with Gasteiger partial charge in [0.1, 0.15) is 4.90 Å². The normalized spacial score (nSPS) is 11.9. The monoisotopic (exact) mass is 329 g/mol. The lowest BCUT2D eigenvalue weighted by atomic mass is 10.3. The third-order valence-corrected chi connectivity index (χ3v) is 5.25. The van der Waals surface area contributed by atoms with Crippen LogP contribution in [-0.4, -0.2) is 30.1 Å². The molecule has 0 saturated heterocycles. The van der Waals surface area contributed by atoms with Crippen LogP contribution in [0.5, 0.6) is 0 Å². The average Bonchev–Trinajstić information content (AvgIpc) is 3.07. The van der Waals surface area contributed by atoms with Crippen molar-refractivity contribution in [2.45, 2.75) is 38.3 Å². The molecule has 0 saturated carbocycles. The third-order valence-electron chi connectivity index (χ3n) is 2.87. The zero-order valence-corrected chi connectivity index (χ0v) is 13.6. The molecule has 2 aromatic heterocycles. The molecule has 0 aliphatic heterocycles. The van der Waals surface area contributed by atoms with Gasteiger partial charge >= 0.3 is 0 Å². The van der Waals surface area contributed by atoms with Crippen molar-refractivity contribution in [3.63, 3.8) is 0 Å². The summed E-state index contributed by atoms with van der Waals surface area (Å²) < 4.78 is 27.5. The maximum Gasteiger partial charge on any atom is 0.244 e. The summed E-state index contributed by atoms with van der Waals surface area (Å²) in [6, 6.07) is 0. The highest BCUT2D eigenvalue weighted by Crippen LogP contribution is 2.18. The standard InChI is InChI=1S/C12H19N5O2S2/c1-3-4-13-7-11-12(9(2)16-17-11)21(18,19)15-6-10-5-14-8-20-10/h5,8,13,15H,3-4,6-7H2,1-2H3,(H,16,17). The SMILES string of the molecule is CCCNCc1n[nH]c(C)c1S(=O)(=O)NCc1cncs1. The summed E-state index contributed by atoms with van der Waals surface area (Å²) in [6.45, 7) is 5.24. The number of rotatable bonds is 8. The van der Waals surface area contributed by atoms with Crippen LogP contribution in [0.25, 0.3) is 0 Å². The predicted molar refractivity (Wildman–Crippen MR) is 81.5 cm³/mol. The molecule has 0 aliphatic carbocycles. The van der Waals surface area contributed by atoms with Crippen molar-refractivity contribution in [3.05, 3.63) is 28.0 Å². The molecule has 0 radical (unpaired) electrons. The Morgan fingerprint density at radius 1 is 1.38 bits per heavy atom. The second-order valence-corrected chi connectivity index (χ2v) is 7.27. The Labute approximate surface area is 128 Å². The Morgan fingerprint density at radius 2 is 2.19 bits per heavy atom. The van der Waals surface area contributed by atoms with Crippen molar-refractivity contribution in [2.75, 3.05) is 6.54 Å². The number of H-pyrrole nitrogens is 1. The number of aromatic nitrogens is 3. The molecule has 2 heterocycles. The number of hydrogen-bond donors (Lipinski definition) is 3. The molecule has 7 nitrogen and oxygen atoms in total. The predicted octanol–water partition coefficient (Wildman–Crippen LogP) is 1.15. The van der Waals surface area contributed by atoms with E-state index in [1.165, 1.54) is 11.3 Å². The van der Waals surface area contributed by atoms with Crippen molar-refractivity contribution in [2.24, 2.45) is 0 Å². The number of nitrogens with zero attached hydrogens (tertiary/aromatic N) is 2. The van der Waals surface area contributed by atoms with E-state index >= 15 is 0 Å². The van der Waals surface area contributed by atoms with E-state index in [2.05, 4.69) is 32.1 Å². The van der Waals surface area contributed by atoms with Gasteiger partial charge in [-0.15, -0.1) is 11.3 Å². The summed E-state index contributed by atoms with van der Waals surface area (Å²) in [5.74, 6) is 0. The molecule has 2 aromatic rings. The summed E-state index contributed by atoms with van der Waals surface area (Å²) in [7, 11) is -3.60. The fourth-order valence-corrected chi connectivity index (χ4v) is 3.89. The van der Waals surface area contributed by atoms with E-state index in [-0.39, 0.29) is 11.4 Å². The highest BCUT2D eigenvalue weighted by atomic mass is 32.2. The zero-order chi connectivity index (χ0) is 15.3. The highest BCUT2D eigenvalue weighted by Gasteiger charge is 2.23. The molecular weight excluding hydrogens is 310 g/mol. The lowest BCUT2D eigenvalue weighted by molar-refractivity contribution is 0.577. The quantitative estimate of drug-likeness (QED) is 0.631. The summed E-state index contributed by atoms with van der Waals surface area (Å²) >= 11 is 1.41. The van der Waals surface area contributed by atoms with Crippen molar-refractivity contribution in [1.82, 2.24) is 25.2 Å². The van der Waals surface area contributed by atoms with Crippen molar-refractivity contribution < 1.29 is 8.42 Å². The first kappa shape index (κ1) is 16.1. The Balaban J connectivity index is 2.13. The molecular formula is C12H19N5O2S2. The van der Waals surface area contributed by atoms with Gasteiger partial charge in [-0.05, 0) is 19.9 Å². The van der Waals surface area contributed by atoms with Crippen LogP contribution in [0.4, 0.5) is 0 Å². The molecule has 3 N–H and O–H groups in total. The van der Waals surface area contributed by atoms with Crippen LogP contribution in [0.15, 0.2) is 16.6 Å². The Hall–Kier alpha value is -1.29. The van der Waals surface area contributed by atoms with Crippen LogP contribution in [0.3, 0.4) is 0 Å². The zero-order valence-electron chi connectivity index (χ0n) is 12.0. The van der Waals surface area contributed by atoms with Gasteiger partial charge in [0, 0.05) is 24.2 Å². The minimum absolute atomic E-state index is 0.232. The summed E-state index contributed by atoms with van der Waals surface area (Å²) in [6.07, 6.45) is 2.63. The van der Waals surface area contributed by atoms with Gasteiger partial charge in [0.05, 0.1) is 16.9 Å². The van der Waals surface area contributed by atoms with Gasteiger partial charge < -0.3 is 5.32 Å². The highest BCUT2D eigenvalue weighted by molar-refractivity contribution is 7.89. The number of aromatic amines is 1. The summed E-state index contributed by atoms with van der Waals surface area (Å²) in [5, 5.41) is 9.99. The molecule has 0 unspecified atom stereocenters. The molecule has 21 heavy (non-hydrogen) atoms. The van der Waals surface area contributed by atoms with Gasteiger partial charge in [-0.2, -0.15) is 5.10 Å². The number of nitrogens with one attached hydrogen (secondary N) is 3. The van der Waals surface area contributed by atoms with Crippen LogP contribution in [0.1, 0.15) is 29.6 Å². The molecule has 0 fully saturated rings. The van der Waals surface area contributed by atoms with E-state index < -0.39 is 10.0 Å². The molecule has 0 amide bonds. The minimum atomic E-state index is -3.60. The Bertz CT molecular complexity index is 664. The van der Waals surface area contributed by atoms with E-state index in [1.807, 2.05) is 0 Å². The molecule has 9 heteroatoms. The van der Waals surface area contributed by atoms with Crippen LogP contribution in [0, 0.1) is 6.92 Å². The molecule has 0 aliphatic rings. The summed E-state index contributed by atoms with van der Waals surface area (Å²) in [4.78, 5) is 5.02. The first-order valence-electron chi connectivity index (χ1n) is 6.66. The topological polar surface area (TPSA) is 99.8 Å². The second kappa shape index (κ2) is 7.12. The van der Waals surface area contributed by atoms with Crippen LogP contribution < -0.4 is 10.0 Å². The second-order valence-electron chi connectivity index (χ2n) is 4.59. The van der Waals surface area contributed by atoms with Gasteiger partial charge in [0.25, 0.3) is 0 Å². The number of thiazole rings is 1. The fourth-order valence-electron chi connectivity index (χ4n) is 1.90. The molecule has 0 spiro atoms. The maximum atomic E-state index is 12.4. The Kier molecular flexibility index (Phi) is 5.45. The van der Waals surface area contributed by atoms with Gasteiger partial charge in [-0.3, -0.25) is 10.1 Å². The van der Waals surface area contributed by atoms with E-state index in [1.54, 1.807) is 18.6 Å². The molecule has 2 rings (SSSR count).